The quantitative estimate of drug-likeness (QED) is 0.386. The lowest BCUT2D eigenvalue weighted by atomic mass is 9.87. The van der Waals surface area contributed by atoms with Gasteiger partial charge in [0.1, 0.15) is 0 Å². The van der Waals surface area contributed by atoms with Crippen LogP contribution < -0.4 is 0 Å². The third kappa shape index (κ3) is 4.68. The summed E-state index contributed by atoms with van der Waals surface area (Å²) in [4.78, 5) is 10.9. The fraction of sp³-hybridized carbons (Fsp3) is 0.923. The van der Waals surface area contributed by atoms with E-state index < -0.39 is 18.5 Å². The molecule has 0 aliphatic carbocycles. The molecule has 0 saturated carbocycles. The highest BCUT2D eigenvalue weighted by Crippen LogP contribution is 2.33. The van der Waals surface area contributed by atoms with Crippen molar-refractivity contribution in [1.82, 2.24) is 0 Å². The van der Waals surface area contributed by atoms with Crippen LogP contribution in [0.25, 0.3) is 0 Å². The van der Waals surface area contributed by atoms with Gasteiger partial charge in [-0.05, 0) is 19.8 Å². The molecule has 0 radical (unpaired) electrons. The number of methoxy groups -OCH3 is 1. The number of aliphatic hydroxyl groups is 3. The average Bonchev–Trinajstić information content (AvgIpc) is 2.41. The Labute approximate surface area is 118 Å². The molecule has 5 atom stereocenters. The number of hydrogen-bond acceptors (Lipinski definition) is 7. The standard InChI is InChI=1S/C13H24O7/c1-8-11(12(17)9(15)5-6-14)13(20-8)19-7-3-4-10(16)18-2/h8-9,11-15,17H,3-7H2,1-2H3. The third-order valence-corrected chi connectivity index (χ3v) is 3.45. The van der Waals surface area contributed by atoms with Crippen molar-refractivity contribution in [3.8, 4) is 0 Å². The zero-order valence-corrected chi connectivity index (χ0v) is 11.9. The third-order valence-electron chi connectivity index (χ3n) is 3.45. The predicted octanol–water partition coefficient (Wildman–Crippen LogP) is -0.579. The molecule has 0 amide bonds. The monoisotopic (exact) mass is 292 g/mol. The Balaban J connectivity index is 2.30. The number of aliphatic hydroxyl groups excluding tert-OH is 3. The molecule has 7 nitrogen and oxygen atoms in total. The number of ether oxygens (including phenoxy) is 3. The predicted molar refractivity (Wildman–Crippen MR) is 68.7 cm³/mol. The van der Waals surface area contributed by atoms with Gasteiger partial charge in [-0.25, -0.2) is 0 Å². The van der Waals surface area contributed by atoms with Crippen molar-refractivity contribution in [3.05, 3.63) is 0 Å². The van der Waals surface area contributed by atoms with E-state index in [1.54, 1.807) is 6.92 Å². The summed E-state index contributed by atoms with van der Waals surface area (Å²) in [5.41, 5.74) is 0. The number of carbonyl (C=O) groups excluding carboxylic acids is 1. The molecule has 0 aromatic rings. The Morgan fingerprint density at radius 1 is 1.40 bits per heavy atom. The maximum absolute atomic E-state index is 10.9. The summed E-state index contributed by atoms with van der Waals surface area (Å²) < 4.78 is 15.3. The van der Waals surface area contributed by atoms with Gasteiger partial charge in [0.25, 0.3) is 0 Å². The van der Waals surface area contributed by atoms with Gasteiger partial charge in [-0.1, -0.05) is 0 Å². The van der Waals surface area contributed by atoms with Crippen molar-refractivity contribution >= 4 is 5.97 Å². The highest BCUT2D eigenvalue weighted by molar-refractivity contribution is 5.68. The normalized spacial score (nSPS) is 28.6. The molecule has 1 aliphatic heterocycles. The summed E-state index contributed by atoms with van der Waals surface area (Å²) in [5.74, 6) is -0.638. The fourth-order valence-corrected chi connectivity index (χ4v) is 2.19. The fourth-order valence-electron chi connectivity index (χ4n) is 2.19. The smallest absolute Gasteiger partial charge is 0.305 e. The van der Waals surface area contributed by atoms with Crippen LogP contribution in [0.2, 0.25) is 0 Å². The van der Waals surface area contributed by atoms with Crippen LogP contribution in [0.1, 0.15) is 26.2 Å². The molecule has 1 saturated heterocycles. The molecule has 0 bridgehead atoms. The Bertz CT molecular complexity index is 296. The molecule has 1 rings (SSSR count). The minimum Gasteiger partial charge on any atom is -0.469 e. The summed E-state index contributed by atoms with van der Waals surface area (Å²) >= 11 is 0. The van der Waals surface area contributed by atoms with E-state index in [0.717, 1.165) is 0 Å². The van der Waals surface area contributed by atoms with Crippen molar-refractivity contribution in [2.24, 2.45) is 5.92 Å². The first-order valence-electron chi connectivity index (χ1n) is 6.82. The SMILES string of the molecule is COC(=O)CCCOC1OC(C)C1C(O)C(O)CCO. The van der Waals surface area contributed by atoms with Gasteiger partial charge < -0.3 is 29.5 Å². The zero-order chi connectivity index (χ0) is 15.1. The molecule has 0 spiro atoms. The summed E-state index contributed by atoms with van der Waals surface area (Å²) in [7, 11) is 1.33. The van der Waals surface area contributed by atoms with Crippen molar-refractivity contribution in [3.63, 3.8) is 0 Å². The van der Waals surface area contributed by atoms with E-state index in [1.165, 1.54) is 7.11 Å². The van der Waals surface area contributed by atoms with Gasteiger partial charge in [0, 0.05) is 13.0 Å². The molecule has 1 fully saturated rings. The van der Waals surface area contributed by atoms with E-state index in [2.05, 4.69) is 4.74 Å². The molecule has 0 aromatic heterocycles. The van der Waals surface area contributed by atoms with E-state index in [-0.39, 0.29) is 37.4 Å². The van der Waals surface area contributed by atoms with E-state index >= 15 is 0 Å². The Morgan fingerprint density at radius 3 is 2.65 bits per heavy atom. The molecule has 118 valence electrons. The van der Waals surface area contributed by atoms with Gasteiger partial charge >= 0.3 is 5.97 Å². The summed E-state index contributed by atoms with van der Waals surface area (Å²) in [6.45, 7) is 1.91. The lowest BCUT2D eigenvalue weighted by Crippen LogP contribution is -2.57. The first-order valence-corrected chi connectivity index (χ1v) is 6.82. The second kappa shape index (κ2) is 8.53. The Kier molecular flexibility index (Phi) is 7.39. The molecular formula is C13H24O7. The highest BCUT2D eigenvalue weighted by atomic mass is 16.7. The van der Waals surface area contributed by atoms with Crippen LogP contribution in [-0.2, 0) is 19.0 Å². The molecule has 1 heterocycles. The number of rotatable bonds is 9. The first-order chi connectivity index (χ1) is 9.51. The maximum atomic E-state index is 10.9. The lowest BCUT2D eigenvalue weighted by Gasteiger charge is -2.45. The van der Waals surface area contributed by atoms with Crippen LogP contribution in [0.3, 0.4) is 0 Å². The van der Waals surface area contributed by atoms with Gasteiger partial charge in [-0.2, -0.15) is 0 Å². The number of esters is 1. The van der Waals surface area contributed by atoms with Crippen molar-refractivity contribution in [2.75, 3.05) is 20.3 Å². The van der Waals surface area contributed by atoms with Gasteiger partial charge in [0.2, 0.25) is 0 Å². The van der Waals surface area contributed by atoms with Gasteiger partial charge in [0.15, 0.2) is 6.29 Å². The van der Waals surface area contributed by atoms with E-state index in [0.29, 0.717) is 13.0 Å². The van der Waals surface area contributed by atoms with Crippen LogP contribution in [0.4, 0.5) is 0 Å². The molecule has 7 heteroatoms. The van der Waals surface area contributed by atoms with Gasteiger partial charge in [-0.3, -0.25) is 4.79 Å². The molecular weight excluding hydrogens is 268 g/mol. The van der Waals surface area contributed by atoms with E-state index in [9.17, 15) is 15.0 Å². The molecule has 20 heavy (non-hydrogen) atoms. The van der Waals surface area contributed by atoms with E-state index in [4.69, 9.17) is 14.6 Å². The summed E-state index contributed by atoms with van der Waals surface area (Å²) in [5, 5.41) is 28.4. The molecule has 0 aromatic carbocycles. The topological polar surface area (TPSA) is 105 Å². The van der Waals surface area contributed by atoms with Crippen LogP contribution in [0, 0.1) is 5.92 Å². The van der Waals surface area contributed by atoms with Crippen LogP contribution in [0.15, 0.2) is 0 Å². The lowest BCUT2D eigenvalue weighted by molar-refractivity contribution is -0.322. The van der Waals surface area contributed by atoms with Crippen LogP contribution in [0.5, 0.6) is 0 Å². The summed E-state index contributed by atoms with van der Waals surface area (Å²) in [6, 6.07) is 0. The van der Waals surface area contributed by atoms with Gasteiger partial charge in [-0.15, -0.1) is 0 Å². The summed E-state index contributed by atoms with van der Waals surface area (Å²) in [6.07, 6.45) is -1.94. The largest absolute Gasteiger partial charge is 0.469 e. The second-order valence-electron chi connectivity index (χ2n) is 4.91. The molecule has 5 unspecified atom stereocenters. The van der Waals surface area contributed by atoms with Crippen molar-refractivity contribution in [1.29, 1.82) is 0 Å². The van der Waals surface area contributed by atoms with Crippen molar-refractivity contribution < 1.29 is 34.3 Å². The Hall–Kier alpha value is -0.730. The minimum atomic E-state index is -1.00. The van der Waals surface area contributed by atoms with Gasteiger partial charge in [0.05, 0.1) is 37.9 Å². The second-order valence-corrected chi connectivity index (χ2v) is 4.91. The molecule has 1 aliphatic rings. The van der Waals surface area contributed by atoms with Crippen molar-refractivity contribution in [2.45, 2.75) is 50.8 Å². The maximum Gasteiger partial charge on any atom is 0.305 e. The number of carbonyl (C=O) groups is 1. The van der Waals surface area contributed by atoms with Crippen LogP contribution in [-0.4, -0.2) is 66.2 Å². The minimum absolute atomic E-state index is 0.111. The zero-order valence-electron chi connectivity index (χ0n) is 11.9. The Morgan fingerprint density at radius 2 is 2.10 bits per heavy atom. The highest BCUT2D eigenvalue weighted by Gasteiger charge is 2.47. The average molecular weight is 292 g/mol. The van der Waals surface area contributed by atoms with E-state index in [1.807, 2.05) is 0 Å². The van der Waals surface area contributed by atoms with Crippen LogP contribution >= 0.6 is 0 Å². The first kappa shape index (κ1) is 17.3. The molecule has 3 N–H and O–H groups in total. The number of hydrogen-bond donors (Lipinski definition) is 3.